The Labute approximate surface area is 171 Å². The van der Waals surface area contributed by atoms with Gasteiger partial charge in [0.2, 0.25) is 0 Å². The average molecular weight is 383 g/mol. The Balaban J connectivity index is 1.75. The largest absolute Gasteiger partial charge is 0.374 e. The van der Waals surface area contributed by atoms with Crippen molar-refractivity contribution in [2.45, 2.75) is 19.8 Å². The number of pyridine rings is 1. The molecule has 0 bridgehead atoms. The Morgan fingerprint density at radius 1 is 0.966 bits per heavy atom. The van der Waals surface area contributed by atoms with Crippen molar-refractivity contribution in [2.24, 2.45) is 0 Å². The van der Waals surface area contributed by atoms with E-state index in [-0.39, 0.29) is 5.91 Å². The van der Waals surface area contributed by atoms with Crippen molar-refractivity contribution in [2.75, 3.05) is 23.8 Å². The van der Waals surface area contributed by atoms with Crippen LogP contribution in [0.4, 0.5) is 11.4 Å². The normalized spacial score (nSPS) is 11.0. The molecule has 0 fully saturated rings. The number of hydrogen-bond donors (Lipinski definition) is 1. The van der Waals surface area contributed by atoms with Crippen LogP contribution in [0.3, 0.4) is 0 Å². The Hall–Kier alpha value is -3.40. The molecule has 0 saturated heterocycles. The van der Waals surface area contributed by atoms with Crippen LogP contribution in [0.25, 0.3) is 21.7 Å². The summed E-state index contributed by atoms with van der Waals surface area (Å²) in [6, 6.07) is 22.0. The number of fused-ring (bicyclic) bond motifs is 2. The molecule has 3 aromatic carbocycles. The summed E-state index contributed by atoms with van der Waals surface area (Å²) in [6.45, 7) is 3.08. The summed E-state index contributed by atoms with van der Waals surface area (Å²) in [6.07, 6.45) is 3.94. The van der Waals surface area contributed by atoms with Gasteiger partial charge in [0.15, 0.2) is 0 Å². The van der Waals surface area contributed by atoms with Gasteiger partial charge >= 0.3 is 0 Å². The topological polar surface area (TPSA) is 45.2 Å². The van der Waals surface area contributed by atoms with Crippen LogP contribution in [0.2, 0.25) is 0 Å². The Morgan fingerprint density at radius 2 is 1.69 bits per heavy atom. The molecule has 4 nitrogen and oxygen atoms in total. The van der Waals surface area contributed by atoms with E-state index in [9.17, 15) is 4.79 Å². The van der Waals surface area contributed by atoms with E-state index in [2.05, 4.69) is 41.3 Å². The van der Waals surface area contributed by atoms with Crippen LogP contribution in [-0.2, 0) is 0 Å². The maximum absolute atomic E-state index is 13.3. The Morgan fingerprint density at radius 3 is 2.48 bits per heavy atom. The van der Waals surface area contributed by atoms with Crippen molar-refractivity contribution < 1.29 is 4.79 Å². The maximum atomic E-state index is 13.3. The number of nitrogens with zero attached hydrogens (tertiary/aromatic N) is 2. The lowest BCUT2D eigenvalue weighted by Crippen LogP contribution is -2.23. The highest BCUT2D eigenvalue weighted by atomic mass is 16.1. The molecule has 4 heteroatoms. The summed E-state index contributed by atoms with van der Waals surface area (Å²) in [4.78, 5) is 20.0. The molecule has 1 aromatic heterocycles. The number of carbonyl (C=O) groups is 1. The molecular weight excluding hydrogens is 358 g/mol. The van der Waals surface area contributed by atoms with E-state index >= 15 is 0 Å². The second kappa shape index (κ2) is 8.31. The fraction of sp³-hybridized carbons (Fsp3) is 0.200. The highest BCUT2D eigenvalue weighted by molar-refractivity contribution is 6.13. The van der Waals surface area contributed by atoms with Gasteiger partial charge in [-0.05, 0) is 41.5 Å². The van der Waals surface area contributed by atoms with Gasteiger partial charge in [0, 0.05) is 30.9 Å². The minimum Gasteiger partial charge on any atom is -0.374 e. The van der Waals surface area contributed by atoms with E-state index in [0.717, 1.165) is 52.4 Å². The number of rotatable bonds is 6. The zero-order valence-electron chi connectivity index (χ0n) is 16.9. The molecule has 4 rings (SSSR count). The molecule has 0 spiro atoms. The molecule has 1 N–H and O–H groups in total. The zero-order chi connectivity index (χ0) is 20.2. The summed E-state index contributed by atoms with van der Waals surface area (Å²) in [7, 11) is 2.05. The monoisotopic (exact) mass is 383 g/mol. The number of hydrogen-bond acceptors (Lipinski definition) is 3. The van der Waals surface area contributed by atoms with Gasteiger partial charge < -0.3 is 10.2 Å². The van der Waals surface area contributed by atoms with Crippen LogP contribution in [0, 0.1) is 0 Å². The van der Waals surface area contributed by atoms with Crippen LogP contribution in [-0.4, -0.2) is 24.5 Å². The SMILES string of the molecule is CCCCN(C)c1cc2ccccc2cc1C(=O)Nc1cccc2cccnc12. The molecule has 1 amide bonds. The first-order valence-electron chi connectivity index (χ1n) is 10.1. The average Bonchev–Trinajstić information content (AvgIpc) is 2.76. The maximum Gasteiger partial charge on any atom is 0.257 e. The quantitative estimate of drug-likeness (QED) is 0.452. The van der Waals surface area contributed by atoms with E-state index in [0.29, 0.717) is 5.56 Å². The van der Waals surface area contributed by atoms with Gasteiger partial charge in [-0.25, -0.2) is 0 Å². The molecule has 0 radical (unpaired) electrons. The zero-order valence-corrected chi connectivity index (χ0v) is 16.9. The van der Waals surface area contributed by atoms with Crippen molar-refractivity contribution in [3.8, 4) is 0 Å². The van der Waals surface area contributed by atoms with E-state index in [1.54, 1.807) is 6.20 Å². The minimum atomic E-state index is -0.118. The smallest absolute Gasteiger partial charge is 0.257 e. The fourth-order valence-electron chi connectivity index (χ4n) is 3.64. The van der Waals surface area contributed by atoms with Gasteiger partial charge in [0.05, 0.1) is 16.8 Å². The predicted octanol–water partition coefficient (Wildman–Crippen LogP) is 5.88. The first-order valence-corrected chi connectivity index (χ1v) is 10.1. The number of anilines is 2. The van der Waals surface area contributed by atoms with E-state index in [4.69, 9.17) is 0 Å². The van der Waals surface area contributed by atoms with E-state index in [1.807, 2.05) is 54.6 Å². The van der Waals surface area contributed by atoms with Crippen LogP contribution in [0.15, 0.2) is 72.9 Å². The third-order valence-electron chi connectivity index (χ3n) is 5.25. The van der Waals surface area contributed by atoms with Gasteiger partial charge in [-0.15, -0.1) is 0 Å². The fourth-order valence-corrected chi connectivity index (χ4v) is 3.64. The summed E-state index contributed by atoms with van der Waals surface area (Å²) < 4.78 is 0. The summed E-state index contributed by atoms with van der Waals surface area (Å²) in [5, 5.41) is 6.28. The van der Waals surface area contributed by atoms with Gasteiger partial charge in [-0.2, -0.15) is 0 Å². The lowest BCUT2D eigenvalue weighted by atomic mass is 10.0. The van der Waals surface area contributed by atoms with Crippen molar-refractivity contribution in [3.63, 3.8) is 0 Å². The number of benzene rings is 3. The van der Waals surface area contributed by atoms with Crippen molar-refractivity contribution in [1.82, 2.24) is 4.98 Å². The molecule has 29 heavy (non-hydrogen) atoms. The number of para-hydroxylation sites is 1. The molecular formula is C25H25N3O. The molecule has 0 aliphatic heterocycles. The highest BCUT2D eigenvalue weighted by Crippen LogP contribution is 2.29. The first kappa shape index (κ1) is 18.9. The summed E-state index contributed by atoms with van der Waals surface area (Å²) >= 11 is 0. The van der Waals surface area contributed by atoms with Gasteiger partial charge in [0.1, 0.15) is 0 Å². The molecule has 146 valence electrons. The molecule has 0 saturated carbocycles. The van der Waals surface area contributed by atoms with E-state index in [1.165, 1.54) is 0 Å². The Kier molecular flexibility index (Phi) is 5.43. The molecule has 1 heterocycles. The lowest BCUT2D eigenvalue weighted by Gasteiger charge is -2.23. The van der Waals surface area contributed by atoms with Crippen LogP contribution < -0.4 is 10.2 Å². The number of unbranched alkanes of at least 4 members (excludes halogenated alkanes) is 1. The standard InChI is InChI=1S/C25H25N3O/c1-3-4-15-28(2)23-17-20-10-6-5-9-19(20)16-21(23)25(29)27-22-13-7-11-18-12-8-14-26-24(18)22/h5-14,16-17H,3-4,15H2,1-2H3,(H,27,29). The third kappa shape index (κ3) is 3.92. The summed E-state index contributed by atoms with van der Waals surface area (Å²) in [5.74, 6) is -0.118. The second-order valence-electron chi connectivity index (χ2n) is 7.33. The lowest BCUT2D eigenvalue weighted by molar-refractivity contribution is 0.102. The van der Waals surface area contributed by atoms with Gasteiger partial charge in [-0.3, -0.25) is 9.78 Å². The number of carbonyl (C=O) groups excluding carboxylic acids is 1. The van der Waals surface area contributed by atoms with Crippen molar-refractivity contribution in [3.05, 3.63) is 78.5 Å². The van der Waals surface area contributed by atoms with E-state index < -0.39 is 0 Å². The number of aromatic nitrogens is 1. The van der Waals surface area contributed by atoms with Gasteiger partial charge in [0.25, 0.3) is 5.91 Å². The highest BCUT2D eigenvalue weighted by Gasteiger charge is 2.17. The molecule has 0 atom stereocenters. The predicted molar refractivity (Wildman–Crippen MR) is 122 cm³/mol. The van der Waals surface area contributed by atoms with Crippen molar-refractivity contribution in [1.29, 1.82) is 0 Å². The number of amides is 1. The molecule has 0 aliphatic carbocycles. The first-order chi connectivity index (χ1) is 14.2. The van der Waals surface area contributed by atoms with Crippen LogP contribution in [0.5, 0.6) is 0 Å². The molecule has 0 unspecified atom stereocenters. The Bertz CT molecular complexity index is 1160. The third-order valence-corrected chi connectivity index (χ3v) is 5.25. The molecule has 0 aliphatic rings. The number of nitrogens with one attached hydrogen (secondary N) is 1. The second-order valence-corrected chi connectivity index (χ2v) is 7.33. The molecule has 4 aromatic rings. The summed E-state index contributed by atoms with van der Waals surface area (Å²) in [5.41, 5.74) is 3.14. The minimum absolute atomic E-state index is 0.118. The van der Waals surface area contributed by atoms with Crippen LogP contribution >= 0.6 is 0 Å². The van der Waals surface area contributed by atoms with Crippen LogP contribution in [0.1, 0.15) is 30.1 Å². The van der Waals surface area contributed by atoms with Gasteiger partial charge in [-0.1, -0.05) is 55.8 Å². The van der Waals surface area contributed by atoms with Crippen molar-refractivity contribution >= 4 is 39.0 Å².